The Morgan fingerprint density at radius 2 is 2.60 bits per heavy atom. The summed E-state index contributed by atoms with van der Waals surface area (Å²) in [5.41, 5.74) is 1.01. The highest BCUT2D eigenvalue weighted by atomic mass is 32.3. The minimum Gasteiger partial charge on any atom is -0.184 e. The van der Waals surface area contributed by atoms with E-state index in [-0.39, 0.29) is 10.0 Å². The standard InChI is InChI=1S/C9H10S/c1-2-5-7-9(5,3-1)8-6-4-10(6,7)8/h4-5,7-8H,1-3H2. The van der Waals surface area contributed by atoms with Crippen LogP contribution in [0.3, 0.4) is 0 Å². The molecule has 2 aliphatic carbocycles. The van der Waals surface area contributed by atoms with Crippen molar-refractivity contribution < 1.29 is 0 Å². The van der Waals surface area contributed by atoms with Gasteiger partial charge in [-0.25, -0.2) is 0 Å². The third-order valence-corrected chi connectivity index (χ3v) is 9.15. The smallest absolute Gasteiger partial charge is 0.0335 e. The van der Waals surface area contributed by atoms with Gasteiger partial charge in [-0.15, -0.1) is 0 Å². The zero-order valence-electron chi connectivity index (χ0n) is 5.84. The minimum atomic E-state index is 0.0704. The summed E-state index contributed by atoms with van der Waals surface area (Å²) < 4.78 is 0. The molecule has 5 rings (SSSR count). The summed E-state index contributed by atoms with van der Waals surface area (Å²) in [6, 6.07) is 0. The fraction of sp³-hybridized carbons (Fsp3) is 0.778. The Morgan fingerprint density at radius 3 is 3.40 bits per heavy atom. The Labute approximate surface area is 62.0 Å². The number of rotatable bonds is 0. The van der Waals surface area contributed by atoms with Crippen molar-refractivity contribution in [2.45, 2.75) is 29.8 Å². The molecule has 0 radical (unpaired) electrons. The molecule has 0 bridgehead atoms. The van der Waals surface area contributed by atoms with Gasteiger partial charge in [0.15, 0.2) is 0 Å². The van der Waals surface area contributed by atoms with Crippen LogP contribution in [0.2, 0.25) is 0 Å². The molecule has 0 nitrogen and oxygen atoms in total. The monoisotopic (exact) mass is 150 g/mol. The summed E-state index contributed by atoms with van der Waals surface area (Å²) in [4.78, 5) is 1.98. The molecule has 0 aromatic rings. The number of fused-ring (bicyclic) bond motifs is 2. The second-order valence-corrected chi connectivity index (χ2v) is 7.90. The van der Waals surface area contributed by atoms with Crippen molar-refractivity contribution in [2.75, 3.05) is 0 Å². The normalized spacial score (nSPS) is 89.6. The van der Waals surface area contributed by atoms with Crippen LogP contribution in [0.15, 0.2) is 10.3 Å². The summed E-state index contributed by atoms with van der Waals surface area (Å²) >= 11 is 0. The van der Waals surface area contributed by atoms with Gasteiger partial charge in [-0.3, -0.25) is 0 Å². The van der Waals surface area contributed by atoms with E-state index in [2.05, 4.69) is 5.41 Å². The van der Waals surface area contributed by atoms with Crippen molar-refractivity contribution in [3.63, 3.8) is 0 Å². The SMILES string of the molecule is C1=C2C3C45CCCC4C5S123. The van der Waals surface area contributed by atoms with Gasteiger partial charge in [0.1, 0.15) is 0 Å². The Morgan fingerprint density at radius 1 is 1.60 bits per heavy atom. The maximum atomic E-state index is 2.64. The first-order chi connectivity index (χ1) is 4.92. The first-order valence-electron chi connectivity index (χ1n) is 4.45. The van der Waals surface area contributed by atoms with Crippen molar-refractivity contribution in [3.8, 4) is 0 Å². The molecule has 2 saturated heterocycles. The van der Waals surface area contributed by atoms with E-state index in [1.165, 1.54) is 16.4 Å². The first-order valence-corrected chi connectivity index (χ1v) is 6.27. The molecule has 4 fully saturated rings. The van der Waals surface area contributed by atoms with E-state index >= 15 is 0 Å². The van der Waals surface area contributed by atoms with Crippen molar-refractivity contribution >= 4 is 10.0 Å². The van der Waals surface area contributed by atoms with Gasteiger partial charge in [-0.05, 0) is 29.1 Å². The molecule has 2 saturated carbocycles. The maximum Gasteiger partial charge on any atom is 0.0335 e. The van der Waals surface area contributed by atoms with E-state index < -0.39 is 0 Å². The molecular formula is C9H10S. The quantitative estimate of drug-likeness (QED) is 0.464. The van der Waals surface area contributed by atoms with Crippen LogP contribution in [-0.2, 0) is 0 Å². The lowest BCUT2D eigenvalue weighted by Crippen LogP contribution is -2.24. The van der Waals surface area contributed by atoms with Gasteiger partial charge >= 0.3 is 0 Å². The van der Waals surface area contributed by atoms with E-state index in [1.807, 2.05) is 4.91 Å². The fourth-order valence-corrected chi connectivity index (χ4v) is 10.1. The van der Waals surface area contributed by atoms with Crippen LogP contribution in [0, 0.1) is 11.3 Å². The maximum absolute atomic E-state index is 2.64. The molecular weight excluding hydrogens is 140 g/mol. The van der Waals surface area contributed by atoms with Crippen molar-refractivity contribution in [1.82, 2.24) is 0 Å². The van der Waals surface area contributed by atoms with Crippen molar-refractivity contribution in [2.24, 2.45) is 11.3 Å². The van der Waals surface area contributed by atoms with Gasteiger partial charge in [0.25, 0.3) is 0 Å². The summed E-state index contributed by atoms with van der Waals surface area (Å²) in [5, 5.41) is 5.21. The third kappa shape index (κ3) is 0.162. The van der Waals surface area contributed by atoms with Gasteiger partial charge < -0.3 is 0 Å². The average Bonchev–Trinajstić information content (AvgIpc) is 2.73. The minimum absolute atomic E-state index is 0.0704. The highest BCUT2D eigenvalue weighted by molar-refractivity contribution is 8.54. The summed E-state index contributed by atoms with van der Waals surface area (Å²) in [7, 11) is 0.0704. The molecule has 0 aromatic heterocycles. The Balaban J connectivity index is 1.81. The highest BCUT2D eigenvalue weighted by Gasteiger charge is 2.99. The first kappa shape index (κ1) is 4.20. The van der Waals surface area contributed by atoms with Crippen molar-refractivity contribution in [3.05, 3.63) is 10.3 Å². The average molecular weight is 150 g/mol. The molecule has 52 valence electrons. The zero-order chi connectivity index (χ0) is 6.14. The van der Waals surface area contributed by atoms with E-state index in [1.54, 1.807) is 19.3 Å². The van der Waals surface area contributed by atoms with Crippen LogP contribution >= 0.6 is 10.0 Å². The lowest BCUT2D eigenvalue weighted by atomic mass is 9.99. The predicted octanol–water partition coefficient (Wildman–Crippen LogP) is 2.21. The largest absolute Gasteiger partial charge is 0.184 e. The van der Waals surface area contributed by atoms with Crippen LogP contribution in [0.1, 0.15) is 19.3 Å². The van der Waals surface area contributed by atoms with Crippen LogP contribution in [0.4, 0.5) is 0 Å². The third-order valence-electron chi connectivity index (χ3n) is 4.76. The molecule has 5 atom stereocenters. The Hall–Kier alpha value is 0.0900. The molecule has 3 aliphatic heterocycles. The fourth-order valence-electron chi connectivity index (χ4n) is 4.44. The summed E-state index contributed by atoms with van der Waals surface area (Å²) in [6.45, 7) is 0. The number of hydrogen-bond acceptors (Lipinski definition) is 0. The molecule has 0 N–H and O–H groups in total. The molecule has 3 heterocycles. The van der Waals surface area contributed by atoms with Gasteiger partial charge in [0.2, 0.25) is 0 Å². The lowest BCUT2D eigenvalue weighted by molar-refractivity contribution is 0.503. The summed E-state index contributed by atoms with van der Waals surface area (Å²) in [6.07, 6.45) is 4.80. The molecule has 0 amide bonds. The van der Waals surface area contributed by atoms with Crippen LogP contribution in [0.25, 0.3) is 0 Å². The van der Waals surface area contributed by atoms with Crippen LogP contribution < -0.4 is 0 Å². The van der Waals surface area contributed by atoms with Crippen LogP contribution in [0.5, 0.6) is 0 Å². The predicted molar refractivity (Wildman–Crippen MR) is 43.0 cm³/mol. The van der Waals surface area contributed by atoms with E-state index in [0.717, 1.165) is 5.41 Å². The van der Waals surface area contributed by atoms with E-state index in [4.69, 9.17) is 0 Å². The molecule has 5 unspecified atom stereocenters. The molecule has 1 heteroatoms. The van der Waals surface area contributed by atoms with Gasteiger partial charge in [0.05, 0.1) is 0 Å². The molecule has 2 spiro atoms. The second kappa shape index (κ2) is 0.754. The zero-order valence-corrected chi connectivity index (χ0v) is 6.66. The summed E-state index contributed by atoms with van der Waals surface area (Å²) in [5.74, 6) is 1.26. The van der Waals surface area contributed by atoms with E-state index in [9.17, 15) is 0 Å². The Kier molecular flexibility index (Phi) is 0.317. The molecule has 0 aromatic carbocycles. The van der Waals surface area contributed by atoms with Gasteiger partial charge in [0, 0.05) is 15.9 Å². The topological polar surface area (TPSA) is 0 Å². The molecule has 5 aliphatic rings. The number of hydrogen-bond donors (Lipinski definition) is 0. The van der Waals surface area contributed by atoms with Crippen LogP contribution in [-0.4, -0.2) is 10.5 Å². The highest BCUT2D eigenvalue weighted by Crippen LogP contribution is 3.16. The van der Waals surface area contributed by atoms with Gasteiger partial charge in [-0.2, -0.15) is 10.0 Å². The molecule has 10 heavy (non-hydrogen) atoms. The Bertz CT molecular complexity index is 319. The lowest BCUT2D eigenvalue weighted by Gasteiger charge is -2.32. The van der Waals surface area contributed by atoms with Gasteiger partial charge in [-0.1, -0.05) is 6.42 Å². The van der Waals surface area contributed by atoms with Crippen molar-refractivity contribution in [1.29, 1.82) is 0 Å². The second-order valence-electron chi connectivity index (χ2n) is 4.69. The van der Waals surface area contributed by atoms with E-state index in [0.29, 0.717) is 0 Å².